The average molecular weight is 364 g/mol. The number of ether oxygens (including phenoxy) is 1. The molecule has 0 spiro atoms. The van der Waals surface area contributed by atoms with Gasteiger partial charge in [0.05, 0.1) is 17.4 Å². The van der Waals surface area contributed by atoms with Crippen LogP contribution in [0, 0.1) is 17.1 Å². The highest BCUT2D eigenvalue weighted by Gasteiger charge is 2.11. The van der Waals surface area contributed by atoms with Crippen molar-refractivity contribution < 1.29 is 9.13 Å². The number of halogens is 1. The minimum atomic E-state index is -0.288. The standard InChI is InChI=1S/C21H17FN2OS/c1-14(2)25-20-6-4-3-5-16(20)11-17(12-23)21-24-19(13-26-21)15-7-9-18(22)10-8-15/h3-11,13-14H,1-2H3/b17-11-. The minimum Gasteiger partial charge on any atom is -0.490 e. The van der Waals surface area contributed by atoms with Crippen molar-refractivity contribution in [1.82, 2.24) is 4.98 Å². The number of thiazole rings is 1. The summed E-state index contributed by atoms with van der Waals surface area (Å²) < 4.78 is 18.9. The molecular weight excluding hydrogens is 347 g/mol. The molecular formula is C21H17FN2OS. The van der Waals surface area contributed by atoms with E-state index >= 15 is 0 Å². The van der Waals surface area contributed by atoms with E-state index in [4.69, 9.17) is 4.74 Å². The molecule has 3 rings (SSSR count). The van der Waals surface area contributed by atoms with Crippen LogP contribution in [0.4, 0.5) is 4.39 Å². The van der Waals surface area contributed by atoms with Gasteiger partial charge in [0.15, 0.2) is 0 Å². The number of aromatic nitrogens is 1. The molecule has 0 saturated carbocycles. The molecule has 0 atom stereocenters. The van der Waals surface area contributed by atoms with E-state index < -0.39 is 0 Å². The molecule has 1 aromatic heterocycles. The molecule has 3 aromatic rings. The Hall–Kier alpha value is -2.97. The maximum Gasteiger partial charge on any atom is 0.134 e. The fourth-order valence-electron chi connectivity index (χ4n) is 2.41. The van der Waals surface area contributed by atoms with Gasteiger partial charge in [-0.05, 0) is 50.3 Å². The van der Waals surface area contributed by atoms with Gasteiger partial charge in [-0.1, -0.05) is 18.2 Å². The van der Waals surface area contributed by atoms with E-state index in [2.05, 4.69) is 11.1 Å². The van der Waals surface area contributed by atoms with Crippen LogP contribution in [-0.2, 0) is 0 Å². The van der Waals surface area contributed by atoms with E-state index in [1.54, 1.807) is 18.2 Å². The van der Waals surface area contributed by atoms with Crippen molar-refractivity contribution in [2.24, 2.45) is 0 Å². The maximum atomic E-state index is 13.1. The first-order valence-electron chi connectivity index (χ1n) is 8.16. The lowest BCUT2D eigenvalue weighted by Crippen LogP contribution is -2.06. The van der Waals surface area contributed by atoms with Crippen molar-refractivity contribution in [2.75, 3.05) is 0 Å². The van der Waals surface area contributed by atoms with Gasteiger partial charge in [-0.3, -0.25) is 0 Å². The van der Waals surface area contributed by atoms with Crippen LogP contribution in [0.1, 0.15) is 24.4 Å². The predicted molar refractivity (Wildman–Crippen MR) is 103 cm³/mol. The monoisotopic (exact) mass is 364 g/mol. The molecule has 0 aliphatic heterocycles. The molecule has 2 aromatic carbocycles. The lowest BCUT2D eigenvalue weighted by Gasteiger charge is -2.12. The molecule has 26 heavy (non-hydrogen) atoms. The summed E-state index contributed by atoms with van der Waals surface area (Å²) in [6, 6.07) is 16.0. The fourth-order valence-corrected chi connectivity index (χ4v) is 3.20. The van der Waals surface area contributed by atoms with Crippen LogP contribution < -0.4 is 4.74 Å². The first kappa shape index (κ1) is 17.8. The normalized spacial score (nSPS) is 11.4. The molecule has 0 bridgehead atoms. The summed E-state index contributed by atoms with van der Waals surface area (Å²) in [6.45, 7) is 3.92. The number of hydrogen-bond donors (Lipinski definition) is 0. The molecule has 0 aliphatic carbocycles. The Labute approximate surface area is 156 Å². The molecule has 0 amide bonds. The Kier molecular flexibility index (Phi) is 5.45. The minimum absolute atomic E-state index is 0.0417. The summed E-state index contributed by atoms with van der Waals surface area (Å²) in [6.07, 6.45) is 1.82. The average Bonchev–Trinajstić information content (AvgIpc) is 3.11. The Morgan fingerprint density at radius 3 is 2.62 bits per heavy atom. The summed E-state index contributed by atoms with van der Waals surface area (Å²) in [4.78, 5) is 4.53. The lowest BCUT2D eigenvalue weighted by atomic mass is 10.1. The van der Waals surface area contributed by atoms with Crippen molar-refractivity contribution >= 4 is 23.0 Å². The number of allylic oxidation sites excluding steroid dienone is 1. The highest BCUT2D eigenvalue weighted by molar-refractivity contribution is 7.11. The number of nitrogens with zero attached hydrogens (tertiary/aromatic N) is 2. The van der Waals surface area contributed by atoms with Gasteiger partial charge in [0, 0.05) is 16.5 Å². The summed E-state index contributed by atoms with van der Waals surface area (Å²) in [5.41, 5.74) is 2.83. The zero-order chi connectivity index (χ0) is 18.5. The van der Waals surface area contributed by atoms with Crippen molar-refractivity contribution in [3.63, 3.8) is 0 Å². The van der Waals surface area contributed by atoms with E-state index in [0.717, 1.165) is 22.6 Å². The molecule has 5 heteroatoms. The zero-order valence-corrected chi connectivity index (χ0v) is 15.3. The van der Waals surface area contributed by atoms with Crippen LogP contribution in [0.5, 0.6) is 5.75 Å². The third kappa shape index (κ3) is 4.16. The highest BCUT2D eigenvalue weighted by atomic mass is 32.1. The molecule has 3 nitrogen and oxygen atoms in total. The number of benzene rings is 2. The second-order valence-electron chi connectivity index (χ2n) is 5.92. The molecule has 0 radical (unpaired) electrons. The van der Waals surface area contributed by atoms with E-state index in [-0.39, 0.29) is 11.9 Å². The maximum absolute atomic E-state index is 13.1. The Balaban J connectivity index is 1.94. The molecule has 0 unspecified atom stereocenters. The van der Waals surface area contributed by atoms with E-state index in [9.17, 15) is 9.65 Å². The van der Waals surface area contributed by atoms with Crippen molar-refractivity contribution in [3.8, 4) is 23.1 Å². The second-order valence-corrected chi connectivity index (χ2v) is 6.78. The van der Waals surface area contributed by atoms with Crippen LogP contribution in [-0.4, -0.2) is 11.1 Å². The third-order valence-corrected chi connectivity index (χ3v) is 4.45. The van der Waals surface area contributed by atoms with Crippen LogP contribution in [0.15, 0.2) is 53.9 Å². The van der Waals surface area contributed by atoms with E-state index in [0.29, 0.717) is 10.6 Å². The number of para-hydroxylation sites is 1. The summed E-state index contributed by atoms with van der Waals surface area (Å²) >= 11 is 1.38. The van der Waals surface area contributed by atoms with Gasteiger partial charge in [0.1, 0.15) is 22.6 Å². The second kappa shape index (κ2) is 7.94. The van der Waals surface area contributed by atoms with Crippen molar-refractivity contribution in [2.45, 2.75) is 20.0 Å². The molecule has 0 N–H and O–H groups in total. The molecule has 0 saturated heterocycles. The van der Waals surface area contributed by atoms with Gasteiger partial charge < -0.3 is 4.74 Å². The largest absolute Gasteiger partial charge is 0.490 e. The van der Waals surface area contributed by atoms with Gasteiger partial charge in [0.25, 0.3) is 0 Å². The summed E-state index contributed by atoms with van der Waals surface area (Å²) in [5, 5.41) is 12.1. The molecule has 1 heterocycles. The van der Waals surface area contributed by atoms with Gasteiger partial charge in [-0.2, -0.15) is 5.26 Å². The van der Waals surface area contributed by atoms with Crippen molar-refractivity contribution in [3.05, 3.63) is 70.3 Å². The van der Waals surface area contributed by atoms with Gasteiger partial charge in [0.2, 0.25) is 0 Å². The third-order valence-electron chi connectivity index (χ3n) is 3.58. The fraction of sp³-hybridized carbons (Fsp3) is 0.143. The number of rotatable bonds is 5. The number of hydrogen-bond acceptors (Lipinski definition) is 4. The molecule has 0 fully saturated rings. The predicted octanol–water partition coefficient (Wildman–Crippen LogP) is 5.80. The van der Waals surface area contributed by atoms with Gasteiger partial charge in [-0.25, -0.2) is 9.37 Å². The summed E-state index contributed by atoms with van der Waals surface area (Å²) in [7, 11) is 0. The SMILES string of the molecule is CC(C)Oc1ccccc1/C=C(/C#N)c1nc(-c2ccc(F)cc2)cs1. The van der Waals surface area contributed by atoms with E-state index in [1.807, 2.05) is 43.5 Å². The zero-order valence-electron chi connectivity index (χ0n) is 14.4. The summed E-state index contributed by atoms with van der Waals surface area (Å²) in [5.74, 6) is 0.439. The van der Waals surface area contributed by atoms with Gasteiger partial charge in [-0.15, -0.1) is 11.3 Å². The lowest BCUT2D eigenvalue weighted by molar-refractivity contribution is 0.242. The van der Waals surface area contributed by atoms with E-state index in [1.165, 1.54) is 23.5 Å². The molecule has 130 valence electrons. The Morgan fingerprint density at radius 1 is 1.19 bits per heavy atom. The van der Waals surface area contributed by atoms with Crippen LogP contribution in [0.25, 0.3) is 22.9 Å². The van der Waals surface area contributed by atoms with Crippen molar-refractivity contribution in [1.29, 1.82) is 5.26 Å². The van der Waals surface area contributed by atoms with Crippen LogP contribution in [0.3, 0.4) is 0 Å². The molecule has 0 aliphatic rings. The van der Waals surface area contributed by atoms with Crippen LogP contribution >= 0.6 is 11.3 Å². The Bertz CT molecular complexity index is 968. The topological polar surface area (TPSA) is 45.9 Å². The first-order valence-corrected chi connectivity index (χ1v) is 9.04. The van der Waals surface area contributed by atoms with Crippen LogP contribution in [0.2, 0.25) is 0 Å². The van der Waals surface area contributed by atoms with Gasteiger partial charge >= 0.3 is 0 Å². The number of nitriles is 1. The Morgan fingerprint density at radius 2 is 1.92 bits per heavy atom. The smallest absolute Gasteiger partial charge is 0.134 e. The highest BCUT2D eigenvalue weighted by Crippen LogP contribution is 2.29. The first-order chi connectivity index (χ1) is 12.6. The quantitative estimate of drug-likeness (QED) is 0.537.